The first-order valence-electron chi connectivity index (χ1n) is 10.1. The molecule has 0 heterocycles. The van der Waals surface area contributed by atoms with Crippen molar-refractivity contribution in [2.24, 2.45) is 0 Å². The van der Waals surface area contributed by atoms with Gasteiger partial charge < -0.3 is 16.7 Å². The van der Waals surface area contributed by atoms with Gasteiger partial charge in [-0.05, 0) is 24.3 Å². The second-order valence-corrected chi connectivity index (χ2v) is 13.7. The summed E-state index contributed by atoms with van der Waals surface area (Å²) in [5, 5.41) is 0. The van der Waals surface area contributed by atoms with Gasteiger partial charge in [-0.1, -0.05) is 0 Å². The number of ketones is 1. The minimum absolute atomic E-state index is 0.00393. The van der Waals surface area contributed by atoms with E-state index >= 15 is 0 Å². The second kappa shape index (κ2) is 11.8. The van der Waals surface area contributed by atoms with E-state index < -0.39 is 115 Å². The Labute approximate surface area is 246 Å². The van der Waals surface area contributed by atoms with E-state index in [4.69, 9.17) is 0 Å². The third kappa shape index (κ3) is 8.34. The maximum Gasteiger partial charge on any atom is 0.534 e. The number of alkyl halides is 12. The van der Waals surface area contributed by atoms with Crippen LogP contribution < -0.4 is 16.7 Å². The Morgan fingerprint density at radius 2 is 0.674 bits per heavy atom. The van der Waals surface area contributed by atoms with Crippen LogP contribution in [0.2, 0.25) is 0 Å². The zero-order valence-corrected chi connectivity index (χ0v) is 23.7. The topological polar surface area (TPSA) is 191 Å². The molecule has 0 saturated carbocycles. The fraction of sp³-hybridized carbons (Fsp3) is 0.235. The van der Waals surface area contributed by atoms with Gasteiger partial charge in [-0.15, -0.1) is 0 Å². The van der Waals surface area contributed by atoms with Crippen molar-refractivity contribution in [1.82, 2.24) is 0 Å². The maximum atomic E-state index is 13.1. The van der Waals surface area contributed by atoms with Crippen LogP contribution in [0.4, 0.5) is 52.7 Å². The quantitative estimate of drug-likeness (QED) is 0.147. The molecule has 46 heavy (non-hydrogen) atoms. The molecule has 0 amide bonds. The van der Waals surface area contributed by atoms with Crippen LogP contribution in [0.15, 0.2) is 36.4 Å². The van der Waals surface area contributed by atoms with Crippen LogP contribution >= 0.6 is 0 Å². The minimum atomic E-state index is -6.93. The normalized spacial score (nSPS) is 14.0. The van der Waals surface area contributed by atoms with Gasteiger partial charge >= 0.3 is 62.5 Å². The molecular weight excluding hydrogens is 768 g/mol. The number of carbonyl (C=O) groups is 1. The average Bonchev–Trinajstić information content (AvgIpc) is 2.80. The Kier molecular flexibility index (Phi) is 9.87. The third-order valence-electron chi connectivity index (χ3n) is 4.34. The van der Waals surface area contributed by atoms with Crippen molar-refractivity contribution in [3.05, 3.63) is 47.5 Å². The molecule has 0 N–H and O–H groups in total. The Balaban J connectivity index is 2.86. The number of hydrogen-bond donors (Lipinski definition) is 0. The summed E-state index contributed by atoms with van der Waals surface area (Å²) >= 11 is 0. The van der Waals surface area contributed by atoms with Gasteiger partial charge in [0.25, 0.3) is 0 Å². The highest BCUT2D eigenvalue weighted by Crippen LogP contribution is 2.38. The highest BCUT2D eigenvalue weighted by Gasteiger charge is 2.52. The van der Waals surface area contributed by atoms with E-state index in [-0.39, 0.29) is 24.3 Å². The predicted octanol–water partition coefficient (Wildman–Crippen LogP) is 3.83. The summed E-state index contributed by atoms with van der Waals surface area (Å²) < 4.78 is 259. The monoisotopic (exact) mass is 774 g/mol. The number of benzene rings is 2. The molecule has 260 valence electrons. The first-order chi connectivity index (χ1) is 20.2. The Morgan fingerprint density at radius 3 is 0.913 bits per heavy atom. The van der Waals surface area contributed by atoms with Gasteiger partial charge in [0.15, 0.2) is 11.5 Å². The highest BCUT2D eigenvalue weighted by molar-refractivity contribution is 7.88. The van der Waals surface area contributed by atoms with Crippen LogP contribution in [-0.2, 0) is 40.5 Å². The van der Waals surface area contributed by atoms with Crippen molar-refractivity contribution < 1.29 is 108 Å². The lowest BCUT2D eigenvalue weighted by Gasteiger charge is -2.17. The van der Waals surface area contributed by atoms with Gasteiger partial charge in [0.1, 0.15) is 11.5 Å². The van der Waals surface area contributed by atoms with E-state index in [1.54, 1.807) is 0 Å². The van der Waals surface area contributed by atoms with Crippen molar-refractivity contribution in [2.75, 3.05) is 0 Å². The molecule has 2 rings (SSSR count). The minimum Gasteiger partial charge on any atom is -0.376 e. The van der Waals surface area contributed by atoms with Crippen LogP contribution in [0, 0.1) is 0 Å². The fourth-order valence-electron chi connectivity index (χ4n) is 2.45. The van der Waals surface area contributed by atoms with E-state index in [0.29, 0.717) is 0 Å². The van der Waals surface area contributed by atoms with Crippen LogP contribution in [0.5, 0.6) is 23.0 Å². The summed E-state index contributed by atoms with van der Waals surface area (Å²) in [6.07, 6.45) is 0. The smallest absolute Gasteiger partial charge is 0.376 e. The van der Waals surface area contributed by atoms with E-state index in [9.17, 15) is 91.2 Å². The molecule has 0 bridgehead atoms. The molecule has 0 atom stereocenters. The predicted molar refractivity (Wildman–Crippen MR) is 119 cm³/mol. The number of halogens is 12. The molecule has 2 aromatic carbocycles. The lowest BCUT2D eigenvalue weighted by atomic mass is 10.0. The fourth-order valence-corrected chi connectivity index (χ4v) is 4.29. The first-order valence-corrected chi connectivity index (χ1v) is 15.7. The standard InChI is InChI=1S/C17H6F12O13S4/c18-14(19,20)43(31,32)39-7-1-3-9(11(5-7)41-45(35,36)16(24,25)26)13(30)10-4-2-8(40-44(33,34)15(21,22)23)6-12(10)42-46(37,38)17(27,28)29/h1-6H. The largest absolute Gasteiger partial charge is 0.534 e. The molecule has 29 heteroatoms. The molecule has 2 aromatic rings. The van der Waals surface area contributed by atoms with Crippen molar-refractivity contribution in [3.8, 4) is 23.0 Å². The average molecular weight is 774 g/mol. The SMILES string of the molecule is O=C(c1ccc(OS(=O)(=O)C(F)(F)F)cc1OS(=O)(=O)C(F)(F)F)c1ccc(OS(=O)(=O)C(F)(F)F)cc1OS(=O)(=O)C(F)(F)F. The molecule has 13 nitrogen and oxygen atoms in total. The van der Waals surface area contributed by atoms with Crippen molar-refractivity contribution in [1.29, 1.82) is 0 Å². The molecule has 0 aliphatic heterocycles. The summed E-state index contributed by atoms with van der Waals surface area (Å²) in [5.41, 5.74) is -28.6. The summed E-state index contributed by atoms with van der Waals surface area (Å²) in [6, 6.07) is -0.926. The number of rotatable bonds is 10. The molecule has 0 fully saturated rings. The third-order valence-corrected chi connectivity index (χ3v) is 8.23. The molecule has 0 aliphatic carbocycles. The van der Waals surface area contributed by atoms with Gasteiger partial charge in [0.2, 0.25) is 5.78 Å². The van der Waals surface area contributed by atoms with Gasteiger partial charge in [-0.2, -0.15) is 86.4 Å². The summed E-state index contributed by atoms with van der Waals surface area (Å²) in [5.74, 6) is -9.78. The van der Waals surface area contributed by atoms with Crippen LogP contribution in [0.3, 0.4) is 0 Å². The van der Waals surface area contributed by atoms with Gasteiger partial charge in [0.05, 0.1) is 11.1 Å². The molecule has 0 spiro atoms. The maximum absolute atomic E-state index is 13.1. The van der Waals surface area contributed by atoms with Crippen molar-refractivity contribution in [3.63, 3.8) is 0 Å². The zero-order chi connectivity index (χ0) is 36.1. The number of carbonyl (C=O) groups excluding carboxylic acids is 1. The zero-order valence-electron chi connectivity index (χ0n) is 20.4. The van der Waals surface area contributed by atoms with Crippen molar-refractivity contribution in [2.45, 2.75) is 22.0 Å². The van der Waals surface area contributed by atoms with E-state index in [2.05, 4.69) is 16.7 Å². The van der Waals surface area contributed by atoms with Gasteiger partial charge in [-0.25, -0.2) is 0 Å². The van der Waals surface area contributed by atoms with E-state index in [0.717, 1.165) is 0 Å². The molecule has 0 aliphatic rings. The molecule has 0 radical (unpaired) electrons. The Bertz CT molecular complexity index is 1820. The first kappa shape index (κ1) is 38.5. The van der Waals surface area contributed by atoms with E-state index in [1.807, 2.05) is 0 Å². The lowest BCUT2D eigenvalue weighted by Crippen LogP contribution is -2.30. The number of hydrogen-bond acceptors (Lipinski definition) is 13. The van der Waals surface area contributed by atoms with E-state index in [1.165, 1.54) is 0 Å². The van der Waals surface area contributed by atoms with Crippen LogP contribution in [0.1, 0.15) is 15.9 Å². The highest BCUT2D eigenvalue weighted by atomic mass is 32.2. The summed E-state index contributed by atoms with van der Waals surface area (Å²) in [4.78, 5) is 13.1. The lowest BCUT2D eigenvalue weighted by molar-refractivity contribution is -0.0506. The Hall–Kier alpha value is -3.73. The van der Waals surface area contributed by atoms with Crippen LogP contribution in [-0.4, -0.2) is 61.5 Å². The van der Waals surface area contributed by atoms with Gasteiger partial charge in [0, 0.05) is 12.1 Å². The molecule has 0 saturated heterocycles. The summed E-state index contributed by atoms with van der Waals surface area (Å²) in [7, 11) is -27.1. The second-order valence-electron chi connectivity index (χ2n) is 7.58. The molecular formula is C17H6F12O13S4. The molecule has 0 unspecified atom stereocenters. The van der Waals surface area contributed by atoms with Gasteiger partial charge in [-0.3, -0.25) is 4.79 Å². The Morgan fingerprint density at radius 1 is 0.435 bits per heavy atom. The van der Waals surface area contributed by atoms with Crippen molar-refractivity contribution >= 4 is 46.3 Å². The van der Waals surface area contributed by atoms with Crippen LogP contribution in [0.25, 0.3) is 0 Å². The summed E-state index contributed by atoms with van der Waals surface area (Å²) in [6.45, 7) is 0. The molecule has 0 aromatic heterocycles.